The van der Waals surface area contributed by atoms with Crippen LogP contribution in [0.1, 0.15) is 0 Å². The van der Waals surface area contributed by atoms with E-state index in [1.807, 2.05) is 0 Å². The van der Waals surface area contributed by atoms with Crippen molar-refractivity contribution in [2.45, 2.75) is 0 Å². The molecule has 0 saturated carbocycles. The Kier molecular flexibility index (Phi) is 4.49. The summed E-state index contributed by atoms with van der Waals surface area (Å²) in [4.78, 5) is 28.3. The Morgan fingerprint density at radius 2 is 2.32 bits per heavy atom. The summed E-state index contributed by atoms with van der Waals surface area (Å²) in [5, 5.41) is 3.37. The van der Waals surface area contributed by atoms with E-state index in [0.717, 1.165) is 0 Å². The van der Waals surface area contributed by atoms with E-state index < -0.39 is 6.03 Å². The van der Waals surface area contributed by atoms with Crippen LogP contribution in [-0.2, 0) is 4.79 Å². The molecule has 1 aromatic carbocycles. The summed E-state index contributed by atoms with van der Waals surface area (Å²) in [6.45, 7) is 0. The predicted molar refractivity (Wildman–Crippen MR) is 80.8 cm³/mol. The maximum Gasteiger partial charge on any atom is 0.347 e. The number of anilines is 1. The number of carbonyl (C=O) groups excluding carboxylic acids is 2. The van der Waals surface area contributed by atoms with Crippen molar-refractivity contribution in [2.75, 3.05) is 18.1 Å². The van der Waals surface area contributed by atoms with Crippen LogP contribution in [0.5, 0.6) is 0 Å². The number of carbonyl (C=O) groups is 2. The van der Waals surface area contributed by atoms with Crippen molar-refractivity contribution in [1.29, 1.82) is 0 Å². The largest absolute Gasteiger partial charge is 0.347 e. The van der Waals surface area contributed by atoms with E-state index in [0.29, 0.717) is 26.1 Å². The van der Waals surface area contributed by atoms with Crippen LogP contribution in [0.2, 0.25) is 5.02 Å². The summed E-state index contributed by atoms with van der Waals surface area (Å²) in [6.07, 6.45) is 0. The third kappa shape index (κ3) is 3.29. The smallest absolute Gasteiger partial charge is 0.304 e. The quantitative estimate of drug-likeness (QED) is 0.834. The summed E-state index contributed by atoms with van der Waals surface area (Å²) in [6, 6.07) is 4.61. The van der Waals surface area contributed by atoms with Crippen LogP contribution in [0, 0.1) is 0 Å². The Labute approximate surface area is 127 Å². The fraction of sp³-hybridized carbons (Fsp3) is 0.182. The molecule has 0 bridgehead atoms. The number of urea groups is 1. The highest BCUT2D eigenvalue weighted by atomic mass is 79.9. The highest BCUT2D eigenvalue weighted by molar-refractivity contribution is 9.10. The molecule has 0 aliphatic carbocycles. The second-order valence-electron chi connectivity index (χ2n) is 3.66. The van der Waals surface area contributed by atoms with E-state index in [2.05, 4.69) is 26.2 Å². The summed E-state index contributed by atoms with van der Waals surface area (Å²) >= 11 is 10.5. The van der Waals surface area contributed by atoms with E-state index in [4.69, 9.17) is 11.6 Å². The van der Waals surface area contributed by atoms with Gasteiger partial charge in [-0.3, -0.25) is 9.69 Å². The van der Waals surface area contributed by atoms with Crippen LogP contribution in [-0.4, -0.2) is 34.8 Å². The third-order valence-corrected chi connectivity index (χ3v) is 4.37. The number of rotatable bonds is 1. The monoisotopic (exact) mass is 361 g/mol. The molecule has 0 spiro atoms. The maximum absolute atomic E-state index is 11.8. The minimum Gasteiger partial charge on any atom is -0.304 e. The number of nitrogens with one attached hydrogen (secondary N) is 1. The number of hydrogen-bond donors (Lipinski definition) is 1. The number of para-hydroxylation sites is 1. The van der Waals surface area contributed by atoms with E-state index in [1.165, 1.54) is 16.7 Å². The van der Waals surface area contributed by atoms with Crippen molar-refractivity contribution < 1.29 is 9.59 Å². The van der Waals surface area contributed by atoms with Gasteiger partial charge >= 0.3 is 6.03 Å². The molecule has 1 aromatic rings. The zero-order chi connectivity index (χ0) is 14.0. The Hall–Kier alpha value is -1.05. The average molecular weight is 363 g/mol. The zero-order valence-electron chi connectivity index (χ0n) is 9.81. The molecule has 0 unspecified atom stereocenters. The van der Waals surface area contributed by atoms with Gasteiger partial charge in [0.2, 0.25) is 5.91 Å². The lowest BCUT2D eigenvalue weighted by Crippen LogP contribution is -2.25. The minimum atomic E-state index is -0.571. The topological polar surface area (TPSA) is 61.8 Å². The van der Waals surface area contributed by atoms with Crippen molar-refractivity contribution in [3.05, 3.63) is 27.7 Å². The lowest BCUT2D eigenvalue weighted by molar-refractivity contribution is -0.123. The van der Waals surface area contributed by atoms with Crippen molar-refractivity contribution in [1.82, 2.24) is 4.90 Å². The number of benzene rings is 1. The van der Waals surface area contributed by atoms with Crippen LogP contribution in [0.3, 0.4) is 0 Å². The van der Waals surface area contributed by atoms with E-state index in [-0.39, 0.29) is 5.91 Å². The molecule has 100 valence electrons. The first kappa shape index (κ1) is 14.4. The van der Waals surface area contributed by atoms with Gasteiger partial charge in [0.25, 0.3) is 0 Å². The Bertz CT molecular complexity index is 559. The second-order valence-corrected chi connectivity index (χ2v) is 5.87. The molecule has 1 saturated heterocycles. The molecule has 1 aliphatic heterocycles. The lowest BCUT2D eigenvalue weighted by Gasteiger charge is -2.09. The number of aliphatic imine (C=N–C) groups is 1. The average Bonchev–Trinajstić information content (AvgIpc) is 2.66. The van der Waals surface area contributed by atoms with Crippen LogP contribution < -0.4 is 5.32 Å². The van der Waals surface area contributed by atoms with Gasteiger partial charge in [-0.05, 0) is 28.1 Å². The van der Waals surface area contributed by atoms with Crippen LogP contribution >= 0.6 is 39.3 Å². The lowest BCUT2D eigenvalue weighted by atomic mass is 10.3. The van der Waals surface area contributed by atoms with Gasteiger partial charge in [0.15, 0.2) is 5.17 Å². The second kappa shape index (κ2) is 5.94. The molecule has 0 radical (unpaired) electrons. The molecule has 5 nitrogen and oxygen atoms in total. The van der Waals surface area contributed by atoms with Crippen LogP contribution in [0.4, 0.5) is 10.5 Å². The van der Waals surface area contributed by atoms with Gasteiger partial charge in [0.05, 0.1) is 16.5 Å². The predicted octanol–water partition coefficient (Wildman–Crippen LogP) is 3.20. The molecule has 1 aliphatic rings. The fourth-order valence-electron chi connectivity index (χ4n) is 1.37. The van der Waals surface area contributed by atoms with Crippen molar-refractivity contribution >= 4 is 62.1 Å². The zero-order valence-corrected chi connectivity index (χ0v) is 13.0. The number of amidine groups is 1. The molecule has 1 N–H and O–H groups in total. The number of thioether (sulfide) groups is 1. The molecule has 1 heterocycles. The fourth-order valence-corrected chi connectivity index (χ4v) is 3.06. The van der Waals surface area contributed by atoms with Gasteiger partial charge in [0, 0.05) is 11.5 Å². The van der Waals surface area contributed by atoms with Crippen molar-refractivity contribution in [2.24, 2.45) is 4.99 Å². The molecule has 8 heteroatoms. The summed E-state index contributed by atoms with van der Waals surface area (Å²) in [5.41, 5.74) is 0.454. The molecule has 3 amide bonds. The summed E-state index contributed by atoms with van der Waals surface area (Å²) in [5.74, 6) is 0.230. The summed E-state index contributed by atoms with van der Waals surface area (Å²) < 4.78 is 0.664. The van der Waals surface area contributed by atoms with Crippen molar-refractivity contribution in [3.63, 3.8) is 0 Å². The number of halogens is 2. The van der Waals surface area contributed by atoms with Crippen LogP contribution in [0.15, 0.2) is 27.7 Å². The maximum atomic E-state index is 11.8. The first-order valence-corrected chi connectivity index (χ1v) is 7.37. The Balaban J connectivity index is 2.14. The van der Waals surface area contributed by atoms with Crippen molar-refractivity contribution in [3.8, 4) is 0 Å². The standard InChI is InChI=1S/C11H9BrClN3O2S/c1-16-8(17)5-19-11(16)15-10(18)14-9-6(12)3-2-4-7(9)13/h2-4H,5H2,1H3,(H,14,18). The molecular formula is C11H9BrClN3O2S. The third-order valence-electron chi connectivity index (χ3n) is 2.38. The normalized spacial score (nSPS) is 17.1. The highest BCUT2D eigenvalue weighted by Gasteiger charge is 2.25. The number of nitrogens with zero attached hydrogens (tertiary/aromatic N) is 2. The van der Waals surface area contributed by atoms with Gasteiger partial charge in [0.1, 0.15) is 0 Å². The molecule has 0 atom stereocenters. The minimum absolute atomic E-state index is 0.0736. The van der Waals surface area contributed by atoms with E-state index in [9.17, 15) is 9.59 Å². The molecular weight excluding hydrogens is 354 g/mol. The van der Waals surface area contributed by atoms with E-state index >= 15 is 0 Å². The number of hydrogen-bond acceptors (Lipinski definition) is 3. The molecule has 19 heavy (non-hydrogen) atoms. The Morgan fingerprint density at radius 3 is 2.89 bits per heavy atom. The van der Waals surface area contributed by atoms with Gasteiger partial charge in [-0.2, -0.15) is 4.99 Å². The molecule has 2 rings (SSSR count). The van der Waals surface area contributed by atoms with Gasteiger partial charge in [-0.1, -0.05) is 29.4 Å². The first-order valence-electron chi connectivity index (χ1n) is 5.22. The van der Waals surface area contributed by atoms with Gasteiger partial charge in [-0.15, -0.1) is 0 Å². The SMILES string of the molecule is CN1C(=O)CSC1=NC(=O)Nc1c(Cl)cccc1Br. The van der Waals surface area contributed by atoms with Gasteiger partial charge < -0.3 is 5.32 Å². The van der Waals surface area contributed by atoms with E-state index in [1.54, 1.807) is 25.2 Å². The van der Waals surface area contributed by atoms with Gasteiger partial charge in [-0.25, -0.2) is 4.79 Å². The highest BCUT2D eigenvalue weighted by Crippen LogP contribution is 2.30. The first-order chi connectivity index (χ1) is 8.99. The molecule has 1 fully saturated rings. The van der Waals surface area contributed by atoms with Crippen LogP contribution in [0.25, 0.3) is 0 Å². The summed E-state index contributed by atoms with van der Waals surface area (Å²) in [7, 11) is 1.58. The number of amides is 3. The molecule has 0 aromatic heterocycles. The Morgan fingerprint density at radius 1 is 1.58 bits per heavy atom.